The van der Waals surface area contributed by atoms with Crippen molar-refractivity contribution in [1.29, 1.82) is 5.26 Å². The van der Waals surface area contributed by atoms with Gasteiger partial charge in [0.1, 0.15) is 0 Å². The largest absolute Gasteiger partial charge is 0.376 e. The van der Waals surface area contributed by atoms with Gasteiger partial charge in [-0.2, -0.15) is 5.26 Å². The molecule has 1 atom stereocenters. The van der Waals surface area contributed by atoms with Crippen molar-refractivity contribution in [3.8, 4) is 6.07 Å². The van der Waals surface area contributed by atoms with Crippen molar-refractivity contribution in [2.45, 2.75) is 12.5 Å². The molecule has 1 aliphatic heterocycles. The average Bonchev–Trinajstić information content (AvgIpc) is 2.46. The number of nitrogens with one attached hydrogen (secondary N) is 1. The van der Waals surface area contributed by atoms with Gasteiger partial charge >= 0.3 is 0 Å². The Balaban J connectivity index is 1.83. The number of rotatable bonds is 4. The summed E-state index contributed by atoms with van der Waals surface area (Å²) in [6.07, 6.45) is 1.34. The van der Waals surface area contributed by atoms with E-state index in [-0.39, 0.29) is 0 Å². The molecule has 0 spiro atoms. The molecule has 1 aromatic carbocycles. The van der Waals surface area contributed by atoms with Crippen LogP contribution in [0.25, 0.3) is 0 Å². The standard InChI is InChI=1S/C14H19N3O/c1-17(8-6-14-11-16-7-9-18-14)13-4-2-12(10-15)3-5-13/h2-5,14,16H,6-9,11H2,1H3. The highest BCUT2D eigenvalue weighted by Gasteiger charge is 2.13. The Labute approximate surface area is 108 Å². The summed E-state index contributed by atoms with van der Waals surface area (Å²) in [7, 11) is 2.07. The van der Waals surface area contributed by atoms with Crippen LogP contribution >= 0.6 is 0 Å². The normalized spacial score (nSPS) is 19.2. The third-order valence-electron chi connectivity index (χ3n) is 3.23. The zero-order valence-corrected chi connectivity index (χ0v) is 10.7. The Kier molecular flexibility index (Phi) is 4.57. The third-order valence-corrected chi connectivity index (χ3v) is 3.23. The van der Waals surface area contributed by atoms with Gasteiger partial charge in [0.05, 0.1) is 24.3 Å². The van der Waals surface area contributed by atoms with Gasteiger partial charge in [0.15, 0.2) is 0 Å². The Hall–Kier alpha value is -1.57. The molecule has 18 heavy (non-hydrogen) atoms. The molecule has 0 amide bonds. The summed E-state index contributed by atoms with van der Waals surface area (Å²) < 4.78 is 5.67. The number of hydrogen-bond donors (Lipinski definition) is 1. The summed E-state index contributed by atoms with van der Waals surface area (Å²) in [6.45, 7) is 3.67. The SMILES string of the molecule is CN(CCC1CNCCO1)c1ccc(C#N)cc1. The molecule has 0 aromatic heterocycles. The van der Waals surface area contributed by atoms with Gasteiger partial charge in [-0.3, -0.25) is 0 Å². The molecule has 4 heteroatoms. The molecular weight excluding hydrogens is 226 g/mol. The number of ether oxygens (including phenoxy) is 1. The van der Waals surface area contributed by atoms with E-state index >= 15 is 0 Å². The van der Waals surface area contributed by atoms with Gasteiger partial charge in [-0.15, -0.1) is 0 Å². The molecule has 0 radical (unpaired) electrons. The molecule has 0 aliphatic carbocycles. The Morgan fingerprint density at radius 2 is 2.22 bits per heavy atom. The molecule has 1 saturated heterocycles. The van der Waals surface area contributed by atoms with E-state index in [0.717, 1.165) is 38.3 Å². The molecule has 1 unspecified atom stereocenters. The Morgan fingerprint density at radius 3 is 2.83 bits per heavy atom. The van der Waals surface area contributed by atoms with E-state index in [0.29, 0.717) is 11.7 Å². The number of nitriles is 1. The minimum atomic E-state index is 0.319. The summed E-state index contributed by atoms with van der Waals surface area (Å²) in [5.74, 6) is 0. The summed E-state index contributed by atoms with van der Waals surface area (Å²) in [5.41, 5.74) is 1.84. The lowest BCUT2D eigenvalue weighted by Gasteiger charge is -2.26. The van der Waals surface area contributed by atoms with Gasteiger partial charge in [0, 0.05) is 32.4 Å². The monoisotopic (exact) mass is 245 g/mol. The van der Waals surface area contributed by atoms with Gasteiger partial charge in [-0.05, 0) is 30.7 Å². The van der Waals surface area contributed by atoms with Crippen LogP contribution in [0.3, 0.4) is 0 Å². The van der Waals surface area contributed by atoms with Crippen molar-refractivity contribution in [3.05, 3.63) is 29.8 Å². The molecular formula is C14H19N3O. The van der Waals surface area contributed by atoms with Gasteiger partial charge < -0.3 is 15.0 Å². The first-order valence-corrected chi connectivity index (χ1v) is 6.33. The number of benzene rings is 1. The van der Waals surface area contributed by atoms with E-state index in [4.69, 9.17) is 10.00 Å². The third kappa shape index (κ3) is 3.46. The summed E-state index contributed by atoms with van der Waals surface area (Å²) >= 11 is 0. The van der Waals surface area contributed by atoms with Crippen molar-refractivity contribution >= 4 is 5.69 Å². The fourth-order valence-electron chi connectivity index (χ4n) is 2.06. The molecule has 0 bridgehead atoms. The summed E-state index contributed by atoms with van der Waals surface area (Å²) in [6, 6.07) is 9.80. The quantitative estimate of drug-likeness (QED) is 0.870. The first-order valence-electron chi connectivity index (χ1n) is 6.33. The van der Waals surface area contributed by atoms with Gasteiger partial charge in [-0.25, -0.2) is 0 Å². The maximum atomic E-state index is 8.75. The molecule has 96 valence electrons. The first kappa shape index (κ1) is 12.9. The highest BCUT2D eigenvalue weighted by molar-refractivity contribution is 5.48. The van der Waals surface area contributed by atoms with Gasteiger partial charge in [0.25, 0.3) is 0 Å². The van der Waals surface area contributed by atoms with Gasteiger partial charge in [-0.1, -0.05) is 0 Å². The van der Waals surface area contributed by atoms with Crippen LogP contribution in [0.1, 0.15) is 12.0 Å². The molecule has 1 aromatic rings. The van der Waals surface area contributed by atoms with E-state index in [9.17, 15) is 0 Å². The molecule has 2 rings (SSSR count). The van der Waals surface area contributed by atoms with E-state index in [2.05, 4.69) is 23.3 Å². The Morgan fingerprint density at radius 1 is 1.44 bits per heavy atom. The minimum Gasteiger partial charge on any atom is -0.376 e. The van der Waals surface area contributed by atoms with Crippen molar-refractivity contribution in [1.82, 2.24) is 5.32 Å². The lowest BCUT2D eigenvalue weighted by Crippen LogP contribution is -2.40. The van der Waals surface area contributed by atoms with E-state index in [1.165, 1.54) is 0 Å². The number of hydrogen-bond acceptors (Lipinski definition) is 4. The second kappa shape index (κ2) is 6.39. The van der Waals surface area contributed by atoms with Crippen LogP contribution in [-0.2, 0) is 4.74 Å². The fraction of sp³-hybridized carbons (Fsp3) is 0.500. The van der Waals surface area contributed by atoms with Crippen LogP contribution in [0.15, 0.2) is 24.3 Å². The van der Waals surface area contributed by atoms with Crippen molar-refractivity contribution < 1.29 is 4.74 Å². The lowest BCUT2D eigenvalue weighted by atomic mass is 10.2. The van der Waals surface area contributed by atoms with Gasteiger partial charge in [0.2, 0.25) is 0 Å². The molecule has 1 aliphatic rings. The number of nitrogens with zero attached hydrogens (tertiary/aromatic N) is 2. The van der Waals surface area contributed by atoms with Crippen LogP contribution in [0, 0.1) is 11.3 Å². The second-order valence-electron chi connectivity index (χ2n) is 4.57. The molecule has 1 heterocycles. The van der Waals surface area contributed by atoms with Crippen LogP contribution in [0.5, 0.6) is 0 Å². The first-order chi connectivity index (χ1) is 8.79. The minimum absolute atomic E-state index is 0.319. The fourth-order valence-corrected chi connectivity index (χ4v) is 2.06. The Bertz CT molecular complexity index is 404. The molecule has 1 fully saturated rings. The van der Waals surface area contributed by atoms with Crippen LogP contribution < -0.4 is 10.2 Å². The van der Waals surface area contributed by atoms with E-state index in [1.807, 2.05) is 24.3 Å². The van der Waals surface area contributed by atoms with Crippen LogP contribution in [-0.4, -0.2) is 39.4 Å². The average molecular weight is 245 g/mol. The lowest BCUT2D eigenvalue weighted by molar-refractivity contribution is 0.0250. The molecule has 0 saturated carbocycles. The predicted octanol–water partition coefficient (Wildman–Crippen LogP) is 1.37. The van der Waals surface area contributed by atoms with E-state index < -0.39 is 0 Å². The summed E-state index contributed by atoms with van der Waals surface area (Å²) in [5, 5.41) is 12.1. The smallest absolute Gasteiger partial charge is 0.0991 e. The second-order valence-corrected chi connectivity index (χ2v) is 4.57. The number of anilines is 1. The van der Waals surface area contributed by atoms with Crippen LogP contribution in [0.2, 0.25) is 0 Å². The zero-order chi connectivity index (χ0) is 12.8. The topological polar surface area (TPSA) is 48.3 Å². The van der Waals surface area contributed by atoms with Crippen molar-refractivity contribution in [2.24, 2.45) is 0 Å². The maximum absolute atomic E-state index is 8.75. The van der Waals surface area contributed by atoms with Crippen molar-refractivity contribution in [3.63, 3.8) is 0 Å². The summed E-state index contributed by atoms with van der Waals surface area (Å²) in [4.78, 5) is 2.19. The van der Waals surface area contributed by atoms with Crippen molar-refractivity contribution in [2.75, 3.05) is 38.2 Å². The zero-order valence-electron chi connectivity index (χ0n) is 10.7. The predicted molar refractivity (Wildman–Crippen MR) is 71.7 cm³/mol. The van der Waals surface area contributed by atoms with Crippen LogP contribution in [0.4, 0.5) is 5.69 Å². The maximum Gasteiger partial charge on any atom is 0.0991 e. The highest BCUT2D eigenvalue weighted by atomic mass is 16.5. The molecule has 1 N–H and O–H groups in total. The van der Waals surface area contributed by atoms with E-state index in [1.54, 1.807) is 0 Å². The molecule has 4 nitrogen and oxygen atoms in total. The highest BCUT2D eigenvalue weighted by Crippen LogP contribution is 2.14. The number of morpholine rings is 1.